The second-order valence-electron chi connectivity index (χ2n) is 5.67. The van der Waals surface area contributed by atoms with E-state index in [-0.39, 0.29) is 0 Å². The van der Waals surface area contributed by atoms with Crippen molar-refractivity contribution in [1.29, 1.82) is 0 Å². The normalized spacial score (nSPS) is 24.6. The average molecular weight is 261 g/mol. The van der Waals surface area contributed by atoms with Crippen molar-refractivity contribution in [3.8, 4) is 0 Å². The third-order valence-corrected chi connectivity index (χ3v) is 4.34. The van der Waals surface area contributed by atoms with E-state index in [1.165, 1.54) is 30.4 Å². The number of aryl methyl sites for hydroxylation is 1. The van der Waals surface area contributed by atoms with E-state index in [1.807, 2.05) is 7.11 Å². The van der Waals surface area contributed by atoms with Crippen molar-refractivity contribution in [3.05, 3.63) is 35.4 Å². The van der Waals surface area contributed by atoms with E-state index in [1.54, 1.807) is 0 Å². The molecule has 1 aromatic rings. The minimum atomic E-state index is 0.344. The van der Waals surface area contributed by atoms with Crippen molar-refractivity contribution in [2.24, 2.45) is 5.92 Å². The fourth-order valence-corrected chi connectivity index (χ4v) is 3.31. The Bertz CT molecular complexity index is 391. The van der Waals surface area contributed by atoms with E-state index in [2.05, 4.69) is 43.4 Å². The summed E-state index contributed by atoms with van der Waals surface area (Å²) in [5.41, 5.74) is 3.04. The molecule has 0 amide bonds. The largest absolute Gasteiger partial charge is 0.382 e. The molecule has 0 bridgehead atoms. The predicted molar refractivity (Wildman–Crippen MR) is 80.4 cm³/mol. The standard InChI is InChI=1S/C17H27NO/c1-4-18-17-15(12-13(2)19-3)10-7-9-14-8-5-6-11-16(14)17/h5-6,8,11,13,15,17-18H,4,7,9-10,12H2,1-3H3. The van der Waals surface area contributed by atoms with Gasteiger partial charge in [-0.3, -0.25) is 0 Å². The van der Waals surface area contributed by atoms with E-state index in [9.17, 15) is 0 Å². The monoisotopic (exact) mass is 261 g/mol. The van der Waals surface area contributed by atoms with Crippen molar-refractivity contribution in [2.45, 2.75) is 51.7 Å². The lowest BCUT2D eigenvalue weighted by molar-refractivity contribution is 0.0858. The molecule has 3 unspecified atom stereocenters. The van der Waals surface area contributed by atoms with Gasteiger partial charge in [0.15, 0.2) is 0 Å². The molecule has 2 rings (SSSR count). The van der Waals surface area contributed by atoms with Gasteiger partial charge in [0.2, 0.25) is 0 Å². The quantitative estimate of drug-likeness (QED) is 0.816. The minimum absolute atomic E-state index is 0.344. The zero-order valence-electron chi connectivity index (χ0n) is 12.5. The maximum absolute atomic E-state index is 5.48. The molecule has 1 aromatic carbocycles. The summed E-state index contributed by atoms with van der Waals surface area (Å²) in [6, 6.07) is 9.42. The van der Waals surface area contributed by atoms with Crippen LogP contribution in [0, 0.1) is 5.92 Å². The zero-order chi connectivity index (χ0) is 13.7. The third kappa shape index (κ3) is 3.58. The molecule has 1 aliphatic rings. The number of methoxy groups -OCH3 is 1. The van der Waals surface area contributed by atoms with Gasteiger partial charge < -0.3 is 10.1 Å². The summed E-state index contributed by atoms with van der Waals surface area (Å²) in [7, 11) is 1.82. The first-order chi connectivity index (χ1) is 9.26. The average Bonchev–Trinajstić information content (AvgIpc) is 2.60. The molecule has 1 aliphatic carbocycles. The highest BCUT2D eigenvalue weighted by molar-refractivity contribution is 5.31. The van der Waals surface area contributed by atoms with Crippen LogP contribution in [0.1, 0.15) is 50.3 Å². The maximum atomic E-state index is 5.48. The number of ether oxygens (including phenoxy) is 1. The molecule has 0 fully saturated rings. The van der Waals surface area contributed by atoms with Crippen molar-refractivity contribution in [3.63, 3.8) is 0 Å². The van der Waals surface area contributed by atoms with Gasteiger partial charge in [-0.2, -0.15) is 0 Å². The Kier molecular flexibility index (Phi) is 5.41. The Labute approximate surface area is 117 Å². The molecule has 2 heteroatoms. The van der Waals surface area contributed by atoms with E-state index in [4.69, 9.17) is 4.74 Å². The highest BCUT2D eigenvalue weighted by Crippen LogP contribution is 2.36. The molecular weight excluding hydrogens is 234 g/mol. The number of hydrogen-bond donors (Lipinski definition) is 1. The Morgan fingerprint density at radius 2 is 2.16 bits per heavy atom. The van der Waals surface area contributed by atoms with Crippen molar-refractivity contribution < 1.29 is 4.74 Å². The first-order valence-electron chi connectivity index (χ1n) is 7.60. The molecule has 0 saturated carbocycles. The van der Waals surface area contributed by atoms with Crippen LogP contribution < -0.4 is 5.32 Å². The summed E-state index contributed by atoms with van der Waals surface area (Å²) in [4.78, 5) is 0. The molecule has 0 aromatic heterocycles. The number of hydrogen-bond acceptors (Lipinski definition) is 2. The van der Waals surface area contributed by atoms with Crippen LogP contribution in [0.25, 0.3) is 0 Å². The van der Waals surface area contributed by atoms with E-state index < -0.39 is 0 Å². The van der Waals surface area contributed by atoms with Gasteiger partial charge in [0.25, 0.3) is 0 Å². The summed E-state index contributed by atoms with van der Waals surface area (Å²) in [6.45, 7) is 5.40. The Morgan fingerprint density at radius 1 is 1.37 bits per heavy atom. The first kappa shape index (κ1) is 14.5. The van der Waals surface area contributed by atoms with Gasteiger partial charge in [-0.25, -0.2) is 0 Å². The Balaban J connectivity index is 2.24. The van der Waals surface area contributed by atoms with Gasteiger partial charge in [0.1, 0.15) is 0 Å². The van der Waals surface area contributed by atoms with Crippen LogP contribution in [0.15, 0.2) is 24.3 Å². The number of benzene rings is 1. The molecule has 19 heavy (non-hydrogen) atoms. The molecule has 0 spiro atoms. The fraction of sp³-hybridized carbons (Fsp3) is 0.647. The molecule has 2 nitrogen and oxygen atoms in total. The Hall–Kier alpha value is -0.860. The minimum Gasteiger partial charge on any atom is -0.382 e. The zero-order valence-corrected chi connectivity index (χ0v) is 12.5. The van der Waals surface area contributed by atoms with E-state index >= 15 is 0 Å². The highest BCUT2D eigenvalue weighted by Gasteiger charge is 2.28. The molecule has 0 aliphatic heterocycles. The van der Waals surface area contributed by atoms with E-state index in [0.717, 1.165) is 13.0 Å². The molecule has 0 heterocycles. The summed E-state index contributed by atoms with van der Waals surface area (Å²) >= 11 is 0. The molecule has 106 valence electrons. The molecule has 1 N–H and O–H groups in total. The summed E-state index contributed by atoms with van der Waals surface area (Å²) in [5.74, 6) is 0.679. The van der Waals surface area contributed by atoms with Gasteiger partial charge in [-0.05, 0) is 56.2 Å². The molecular formula is C17H27NO. The van der Waals surface area contributed by atoms with E-state index in [0.29, 0.717) is 18.1 Å². The number of fused-ring (bicyclic) bond motifs is 1. The Morgan fingerprint density at radius 3 is 2.89 bits per heavy atom. The lowest BCUT2D eigenvalue weighted by atomic mass is 9.86. The smallest absolute Gasteiger partial charge is 0.0546 e. The van der Waals surface area contributed by atoms with Gasteiger partial charge in [-0.15, -0.1) is 0 Å². The second-order valence-corrected chi connectivity index (χ2v) is 5.67. The van der Waals surface area contributed by atoms with Gasteiger partial charge in [0.05, 0.1) is 6.10 Å². The lowest BCUT2D eigenvalue weighted by Gasteiger charge is -2.29. The number of rotatable bonds is 5. The van der Waals surface area contributed by atoms with Crippen molar-refractivity contribution in [1.82, 2.24) is 5.32 Å². The fourth-order valence-electron chi connectivity index (χ4n) is 3.31. The lowest BCUT2D eigenvalue weighted by Crippen LogP contribution is -2.30. The van der Waals surface area contributed by atoms with Crippen LogP contribution >= 0.6 is 0 Å². The summed E-state index contributed by atoms with van der Waals surface area (Å²) in [5, 5.41) is 3.70. The van der Waals surface area contributed by atoms with Crippen LogP contribution in [-0.4, -0.2) is 19.8 Å². The first-order valence-corrected chi connectivity index (χ1v) is 7.60. The molecule has 3 atom stereocenters. The second kappa shape index (κ2) is 7.06. The maximum Gasteiger partial charge on any atom is 0.0546 e. The van der Waals surface area contributed by atoms with Crippen LogP contribution in [0.4, 0.5) is 0 Å². The summed E-state index contributed by atoms with van der Waals surface area (Å²) < 4.78 is 5.48. The topological polar surface area (TPSA) is 21.3 Å². The SMILES string of the molecule is CCNC1c2ccccc2CCCC1CC(C)OC. The van der Waals surface area contributed by atoms with Gasteiger partial charge in [0, 0.05) is 13.2 Å². The third-order valence-electron chi connectivity index (χ3n) is 4.34. The van der Waals surface area contributed by atoms with Crippen LogP contribution in [0.3, 0.4) is 0 Å². The van der Waals surface area contributed by atoms with Crippen LogP contribution in [0.2, 0.25) is 0 Å². The van der Waals surface area contributed by atoms with Crippen molar-refractivity contribution >= 4 is 0 Å². The number of nitrogens with one attached hydrogen (secondary N) is 1. The molecule has 0 saturated heterocycles. The van der Waals surface area contributed by atoms with Crippen molar-refractivity contribution in [2.75, 3.05) is 13.7 Å². The highest BCUT2D eigenvalue weighted by atomic mass is 16.5. The van der Waals surface area contributed by atoms with Crippen LogP contribution in [0.5, 0.6) is 0 Å². The van der Waals surface area contributed by atoms with Gasteiger partial charge in [-0.1, -0.05) is 31.2 Å². The molecule has 0 radical (unpaired) electrons. The predicted octanol–water partition coefficient (Wildman–Crippen LogP) is 3.71. The van der Waals surface area contributed by atoms with Crippen LogP contribution in [-0.2, 0) is 11.2 Å². The van der Waals surface area contributed by atoms with Gasteiger partial charge >= 0.3 is 0 Å². The summed E-state index contributed by atoms with van der Waals surface area (Å²) in [6.07, 6.45) is 5.29.